The fraction of sp³-hybridized carbons (Fsp3) is 0.391. The zero-order chi connectivity index (χ0) is 22.0. The lowest BCUT2D eigenvalue weighted by Gasteiger charge is -2.26. The van der Waals surface area contributed by atoms with E-state index in [9.17, 15) is 14.4 Å². The molecule has 4 rings (SSSR count). The Kier molecular flexibility index (Phi) is 5.88. The number of aryl methyl sites for hydroxylation is 1. The Hall–Kier alpha value is -3.42. The maximum atomic E-state index is 13.2. The van der Waals surface area contributed by atoms with E-state index in [0.29, 0.717) is 5.56 Å². The fourth-order valence-corrected chi connectivity index (χ4v) is 4.21. The number of nitrogens with zero attached hydrogens (tertiary/aromatic N) is 1. The molecule has 2 aliphatic rings. The number of rotatable bonds is 5. The van der Waals surface area contributed by atoms with Crippen molar-refractivity contribution in [3.63, 3.8) is 0 Å². The fourth-order valence-electron chi connectivity index (χ4n) is 4.21. The highest BCUT2D eigenvalue weighted by molar-refractivity contribution is 6.05. The van der Waals surface area contributed by atoms with E-state index in [1.54, 1.807) is 13.8 Å². The van der Waals surface area contributed by atoms with Crippen LogP contribution in [0.25, 0.3) is 10.9 Å². The summed E-state index contributed by atoms with van der Waals surface area (Å²) in [5.74, 6) is -1.05. The summed E-state index contributed by atoms with van der Waals surface area (Å²) in [6, 6.07) is 6.49. The molecule has 1 aromatic carbocycles. The number of aromatic nitrogens is 1. The number of ether oxygens (including phenoxy) is 2. The standard InChI is InChI=1S/C23H25N3O5/c1-3-30-21(27)19-13(2)24-23(29)26-18(19)12-31-22(28)20-14-8-4-6-10-16(14)25-17-11-7-5-9-15(17)20/h4,6,8,10,13H,3,5,7,9,11-12H2,1-2H3,(H2,24,26,29)/t13-/m1/s1. The third kappa shape index (κ3) is 4.10. The third-order valence-electron chi connectivity index (χ3n) is 5.59. The van der Waals surface area contributed by atoms with Crippen LogP contribution in [0.4, 0.5) is 4.79 Å². The van der Waals surface area contributed by atoms with E-state index in [1.165, 1.54) is 0 Å². The van der Waals surface area contributed by atoms with Crippen LogP contribution in [0.1, 0.15) is 48.3 Å². The van der Waals surface area contributed by atoms with Gasteiger partial charge in [-0.25, -0.2) is 14.4 Å². The van der Waals surface area contributed by atoms with Gasteiger partial charge in [0.1, 0.15) is 6.61 Å². The summed E-state index contributed by atoms with van der Waals surface area (Å²) in [4.78, 5) is 42.3. The maximum Gasteiger partial charge on any atom is 0.339 e. The summed E-state index contributed by atoms with van der Waals surface area (Å²) in [5, 5.41) is 5.95. The van der Waals surface area contributed by atoms with Crippen molar-refractivity contribution in [3.8, 4) is 0 Å². The number of hydrogen-bond acceptors (Lipinski definition) is 6. The summed E-state index contributed by atoms with van der Waals surface area (Å²) in [6.07, 6.45) is 3.63. The van der Waals surface area contributed by atoms with Crippen LogP contribution < -0.4 is 10.6 Å². The lowest BCUT2D eigenvalue weighted by molar-refractivity contribution is -0.139. The van der Waals surface area contributed by atoms with E-state index in [4.69, 9.17) is 14.5 Å². The van der Waals surface area contributed by atoms with Gasteiger partial charge in [-0.2, -0.15) is 0 Å². The van der Waals surface area contributed by atoms with Crippen LogP contribution in [0.5, 0.6) is 0 Å². The van der Waals surface area contributed by atoms with Crippen LogP contribution in [0.2, 0.25) is 0 Å². The molecule has 0 unspecified atom stereocenters. The lowest BCUT2D eigenvalue weighted by atomic mass is 9.90. The van der Waals surface area contributed by atoms with Gasteiger partial charge in [-0.05, 0) is 51.2 Å². The van der Waals surface area contributed by atoms with Gasteiger partial charge in [0, 0.05) is 11.1 Å². The molecule has 2 amide bonds. The minimum atomic E-state index is -0.559. The topological polar surface area (TPSA) is 107 Å². The van der Waals surface area contributed by atoms with Gasteiger partial charge in [-0.15, -0.1) is 0 Å². The summed E-state index contributed by atoms with van der Waals surface area (Å²) in [5.41, 5.74) is 3.62. The molecule has 0 bridgehead atoms. The van der Waals surface area contributed by atoms with Crippen LogP contribution >= 0.6 is 0 Å². The molecule has 1 aliphatic carbocycles. The van der Waals surface area contributed by atoms with E-state index in [1.807, 2.05) is 24.3 Å². The summed E-state index contributed by atoms with van der Waals surface area (Å²) < 4.78 is 10.7. The van der Waals surface area contributed by atoms with Gasteiger partial charge < -0.3 is 20.1 Å². The number of amides is 2. The quantitative estimate of drug-likeness (QED) is 0.717. The first kappa shape index (κ1) is 20.8. The molecule has 2 N–H and O–H groups in total. The van der Waals surface area contributed by atoms with Crippen LogP contribution in [0.15, 0.2) is 35.5 Å². The van der Waals surface area contributed by atoms with Crippen LogP contribution in [0.3, 0.4) is 0 Å². The van der Waals surface area contributed by atoms with E-state index < -0.39 is 24.0 Å². The van der Waals surface area contributed by atoms with Crippen LogP contribution in [-0.2, 0) is 27.1 Å². The third-order valence-corrected chi connectivity index (χ3v) is 5.59. The van der Waals surface area contributed by atoms with Crippen molar-refractivity contribution in [2.45, 2.75) is 45.6 Å². The van der Waals surface area contributed by atoms with E-state index in [-0.39, 0.29) is 24.5 Å². The van der Waals surface area contributed by atoms with E-state index in [0.717, 1.165) is 47.8 Å². The van der Waals surface area contributed by atoms with Crippen molar-refractivity contribution in [1.29, 1.82) is 0 Å². The highest BCUT2D eigenvalue weighted by Gasteiger charge is 2.31. The Morgan fingerprint density at radius 3 is 2.71 bits per heavy atom. The predicted octanol–water partition coefficient (Wildman–Crippen LogP) is 2.79. The largest absolute Gasteiger partial charge is 0.463 e. The number of carbonyl (C=O) groups is 3. The number of carbonyl (C=O) groups excluding carboxylic acids is 3. The monoisotopic (exact) mass is 423 g/mol. The van der Waals surface area contributed by atoms with Crippen molar-refractivity contribution < 1.29 is 23.9 Å². The number of nitrogens with one attached hydrogen (secondary N) is 2. The summed E-state index contributed by atoms with van der Waals surface area (Å²) in [7, 11) is 0. The molecule has 0 fully saturated rings. The summed E-state index contributed by atoms with van der Waals surface area (Å²) >= 11 is 0. The van der Waals surface area contributed by atoms with Gasteiger partial charge in [0.25, 0.3) is 0 Å². The van der Waals surface area contributed by atoms with Crippen LogP contribution in [0, 0.1) is 0 Å². The first-order valence-corrected chi connectivity index (χ1v) is 10.5. The number of fused-ring (bicyclic) bond motifs is 2. The summed E-state index contributed by atoms with van der Waals surface area (Å²) in [6.45, 7) is 3.34. The molecule has 1 atom stereocenters. The van der Waals surface area contributed by atoms with Gasteiger partial charge in [-0.1, -0.05) is 18.2 Å². The maximum absolute atomic E-state index is 13.2. The Bertz CT molecular complexity index is 1090. The Morgan fingerprint density at radius 2 is 1.90 bits per heavy atom. The zero-order valence-corrected chi connectivity index (χ0v) is 17.6. The molecule has 0 saturated heterocycles. The van der Waals surface area contributed by atoms with Gasteiger partial charge in [0.15, 0.2) is 0 Å². The van der Waals surface area contributed by atoms with E-state index in [2.05, 4.69) is 10.6 Å². The highest BCUT2D eigenvalue weighted by Crippen LogP contribution is 2.30. The van der Waals surface area contributed by atoms with E-state index >= 15 is 0 Å². The number of para-hydroxylation sites is 1. The van der Waals surface area contributed by atoms with Crippen molar-refractivity contribution in [3.05, 3.63) is 52.4 Å². The number of pyridine rings is 1. The Balaban J connectivity index is 1.67. The zero-order valence-electron chi connectivity index (χ0n) is 17.6. The van der Waals surface area contributed by atoms with Crippen LogP contribution in [-0.4, -0.2) is 42.2 Å². The molecule has 0 radical (unpaired) electrons. The predicted molar refractivity (Wildman–Crippen MR) is 113 cm³/mol. The molecular weight excluding hydrogens is 398 g/mol. The van der Waals surface area contributed by atoms with Gasteiger partial charge in [0.2, 0.25) is 0 Å². The molecule has 0 spiro atoms. The molecule has 2 aromatic rings. The molecule has 8 nitrogen and oxygen atoms in total. The van der Waals surface area contributed by atoms with Gasteiger partial charge in [0.05, 0.1) is 35.0 Å². The van der Waals surface area contributed by atoms with Crippen molar-refractivity contribution in [1.82, 2.24) is 15.6 Å². The minimum absolute atomic E-state index is 0.200. The Morgan fingerprint density at radius 1 is 1.13 bits per heavy atom. The second-order valence-corrected chi connectivity index (χ2v) is 7.65. The first-order chi connectivity index (χ1) is 15.0. The highest BCUT2D eigenvalue weighted by atomic mass is 16.5. The molecule has 1 aromatic heterocycles. The second-order valence-electron chi connectivity index (χ2n) is 7.65. The molecule has 31 heavy (non-hydrogen) atoms. The molecule has 2 heterocycles. The normalized spacial score (nSPS) is 18.1. The molecule has 162 valence electrons. The number of hydrogen-bond donors (Lipinski definition) is 2. The smallest absolute Gasteiger partial charge is 0.339 e. The van der Waals surface area contributed by atoms with Gasteiger partial charge >= 0.3 is 18.0 Å². The number of benzene rings is 1. The molecular formula is C23H25N3O5. The number of esters is 2. The average Bonchev–Trinajstić information content (AvgIpc) is 2.75. The SMILES string of the molecule is CCOC(=O)C1=C(COC(=O)c2c3c(nc4ccccc24)CCCC3)NC(=O)N[C@@H]1C. The Labute approximate surface area is 180 Å². The second kappa shape index (κ2) is 8.75. The van der Waals surface area contributed by atoms with Crippen molar-refractivity contribution in [2.75, 3.05) is 13.2 Å². The van der Waals surface area contributed by atoms with Crippen molar-refractivity contribution in [2.24, 2.45) is 0 Å². The molecule has 1 aliphatic heterocycles. The molecule has 8 heteroatoms. The lowest BCUT2D eigenvalue weighted by Crippen LogP contribution is -2.50. The molecule has 0 saturated carbocycles. The number of urea groups is 1. The minimum Gasteiger partial charge on any atom is -0.463 e. The average molecular weight is 423 g/mol. The van der Waals surface area contributed by atoms with Crippen molar-refractivity contribution >= 4 is 28.9 Å². The van der Waals surface area contributed by atoms with Gasteiger partial charge in [-0.3, -0.25) is 4.98 Å². The first-order valence-electron chi connectivity index (χ1n) is 10.5.